The Labute approximate surface area is 213 Å². The summed E-state index contributed by atoms with van der Waals surface area (Å²) < 4.78 is 5.70. The number of hydroxylamine groups is 1. The average Bonchev–Trinajstić information content (AvgIpc) is 3.11. The summed E-state index contributed by atoms with van der Waals surface area (Å²) in [4.78, 5) is 51.1. The second-order valence-electron chi connectivity index (χ2n) is 10.1. The van der Waals surface area contributed by atoms with Crippen LogP contribution in [0.25, 0.3) is 0 Å². The van der Waals surface area contributed by atoms with Gasteiger partial charge in [0.2, 0.25) is 11.9 Å². The summed E-state index contributed by atoms with van der Waals surface area (Å²) in [5.41, 5.74) is 4.01. The van der Waals surface area contributed by atoms with Crippen LogP contribution in [-0.2, 0) is 25.7 Å². The van der Waals surface area contributed by atoms with Crippen LogP contribution >= 0.6 is 0 Å². The number of fused-ring (bicyclic) bond motifs is 2. The van der Waals surface area contributed by atoms with Crippen LogP contribution in [0.4, 0.5) is 5.69 Å². The summed E-state index contributed by atoms with van der Waals surface area (Å²) in [6, 6.07) is 5.07. The predicted molar refractivity (Wildman–Crippen MR) is 135 cm³/mol. The maximum absolute atomic E-state index is 13.9. The third kappa shape index (κ3) is 5.99. The van der Waals surface area contributed by atoms with Crippen LogP contribution in [0.3, 0.4) is 0 Å². The number of carbonyl (C=O) groups excluding carboxylic acids is 3. The summed E-state index contributed by atoms with van der Waals surface area (Å²) in [5, 5.41) is 0. The standard InChI is InChI=1S/C27H38N4O5/c1-4-5-7-12-25(35-19(3)33)31-26(34)24(15-20-10-8-6-9-11-20)30-17-21-16-22(36-29-18(2)32)13-14-23(21)28-27(30)31/h13-14,16,20,24-25H,4-12,15,17H2,1-3H3,(H,29,32). The molecule has 9 nitrogen and oxygen atoms in total. The molecule has 196 valence electrons. The van der Waals surface area contributed by atoms with Crippen molar-refractivity contribution in [2.75, 3.05) is 0 Å². The lowest BCUT2D eigenvalue weighted by molar-refractivity contribution is -0.157. The second kappa shape index (κ2) is 11.8. The molecule has 2 unspecified atom stereocenters. The number of benzene rings is 1. The highest BCUT2D eigenvalue weighted by Gasteiger charge is 2.49. The molecule has 2 heterocycles. The van der Waals surface area contributed by atoms with Crippen molar-refractivity contribution in [1.82, 2.24) is 15.3 Å². The molecule has 36 heavy (non-hydrogen) atoms. The molecule has 2 atom stereocenters. The highest BCUT2D eigenvalue weighted by Crippen LogP contribution is 2.39. The van der Waals surface area contributed by atoms with Gasteiger partial charge in [-0.1, -0.05) is 51.9 Å². The van der Waals surface area contributed by atoms with Gasteiger partial charge in [-0.3, -0.25) is 14.4 Å². The zero-order valence-electron chi connectivity index (χ0n) is 21.6. The first-order chi connectivity index (χ1) is 17.4. The number of carbonyl (C=O) groups is 3. The van der Waals surface area contributed by atoms with E-state index in [1.165, 1.54) is 33.1 Å². The number of hydrogen-bond acceptors (Lipinski definition) is 7. The Morgan fingerprint density at radius 1 is 1.17 bits per heavy atom. The van der Waals surface area contributed by atoms with Gasteiger partial charge in [0.15, 0.2) is 12.0 Å². The normalized spacial score (nSPS) is 20.4. The van der Waals surface area contributed by atoms with Gasteiger partial charge < -0.3 is 14.5 Å². The van der Waals surface area contributed by atoms with Crippen LogP contribution in [0.1, 0.15) is 90.5 Å². The van der Waals surface area contributed by atoms with E-state index in [0.29, 0.717) is 30.6 Å². The number of unbranched alkanes of at least 4 members (excludes halogenated alkanes) is 2. The molecule has 9 heteroatoms. The summed E-state index contributed by atoms with van der Waals surface area (Å²) in [7, 11) is 0. The number of ether oxygens (including phenoxy) is 1. The summed E-state index contributed by atoms with van der Waals surface area (Å²) >= 11 is 0. The summed E-state index contributed by atoms with van der Waals surface area (Å²) in [6.45, 7) is 5.39. The molecule has 1 saturated carbocycles. The van der Waals surface area contributed by atoms with Crippen LogP contribution in [0.2, 0.25) is 0 Å². The fourth-order valence-electron chi connectivity index (χ4n) is 5.49. The second-order valence-corrected chi connectivity index (χ2v) is 10.1. The molecule has 0 radical (unpaired) electrons. The smallest absolute Gasteiger partial charge is 0.304 e. The van der Waals surface area contributed by atoms with Gasteiger partial charge in [-0.15, -0.1) is 0 Å². The molecule has 1 N–H and O–H groups in total. The fourth-order valence-corrected chi connectivity index (χ4v) is 5.49. The van der Waals surface area contributed by atoms with E-state index in [2.05, 4.69) is 17.3 Å². The topological polar surface area (TPSA) is 101 Å². The highest BCUT2D eigenvalue weighted by molar-refractivity contribution is 6.08. The van der Waals surface area contributed by atoms with Crippen LogP contribution in [-0.4, -0.2) is 45.8 Å². The summed E-state index contributed by atoms with van der Waals surface area (Å²) in [6.07, 6.45) is 9.53. The molecule has 1 saturated heterocycles. The van der Waals surface area contributed by atoms with Crippen molar-refractivity contribution >= 4 is 29.4 Å². The number of nitrogens with one attached hydrogen (secondary N) is 1. The first-order valence-electron chi connectivity index (χ1n) is 13.3. The van der Waals surface area contributed by atoms with Gasteiger partial charge >= 0.3 is 5.97 Å². The first kappa shape index (κ1) is 26.0. The van der Waals surface area contributed by atoms with Crippen LogP contribution in [0, 0.1) is 5.92 Å². The van der Waals surface area contributed by atoms with Gasteiger partial charge in [0.1, 0.15) is 6.04 Å². The number of guanidine groups is 1. The van der Waals surface area contributed by atoms with Crippen molar-refractivity contribution < 1.29 is 24.0 Å². The summed E-state index contributed by atoms with van der Waals surface area (Å²) in [5.74, 6) is 0.837. The number of hydrogen-bond donors (Lipinski definition) is 1. The molecule has 2 fully saturated rings. The molecular weight excluding hydrogens is 460 g/mol. The van der Waals surface area contributed by atoms with E-state index in [-0.39, 0.29) is 17.9 Å². The number of nitrogens with zero attached hydrogens (tertiary/aromatic N) is 3. The Morgan fingerprint density at radius 3 is 2.64 bits per heavy atom. The van der Waals surface area contributed by atoms with E-state index in [1.807, 2.05) is 12.1 Å². The molecule has 2 amide bonds. The van der Waals surface area contributed by atoms with E-state index in [4.69, 9.17) is 14.6 Å². The van der Waals surface area contributed by atoms with Gasteiger partial charge in [-0.05, 0) is 37.0 Å². The zero-order chi connectivity index (χ0) is 25.7. The Kier molecular flexibility index (Phi) is 8.48. The number of rotatable bonds is 10. The van der Waals surface area contributed by atoms with Crippen LogP contribution in [0.5, 0.6) is 5.75 Å². The van der Waals surface area contributed by atoms with E-state index in [1.54, 1.807) is 11.0 Å². The van der Waals surface area contributed by atoms with Gasteiger partial charge in [0.05, 0.1) is 5.69 Å². The van der Waals surface area contributed by atoms with Crippen LogP contribution in [0.15, 0.2) is 23.2 Å². The molecule has 1 aliphatic carbocycles. The number of aliphatic imine (C=N–C) groups is 1. The molecule has 0 aromatic heterocycles. The molecule has 0 bridgehead atoms. The van der Waals surface area contributed by atoms with E-state index in [9.17, 15) is 14.4 Å². The van der Waals surface area contributed by atoms with Gasteiger partial charge in [0.25, 0.3) is 5.91 Å². The van der Waals surface area contributed by atoms with Crippen LogP contribution < -0.4 is 10.3 Å². The third-order valence-electron chi connectivity index (χ3n) is 7.22. The molecule has 0 spiro atoms. The molecule has 3 aliphatic rings. The molecule has 1 aromatic rings. The molecule has 1 aromatic carbocycles. The van der Waals surface area contributed by atoms with E-state index < -0.39 is 12.2 Å². The van der Waals surface area contributed by atoms with E-state index in [0.717, 1.165) is 49.8 Å². The maximum atomic E-state index is 13.9. The van der Waals surface area contributed by atoms with Crippen molar-refractivity contribution in [1.29, 1.82) is 0 Å². The van der Waals surface area contributed by atoms with Crippen molar-refractivity contribution in [3.63, 3.8) is 0 Å². The maximum Gasteiger partial charge on any atom is 0.304 e. The van der Waals surface area contributed by atoms with Gasteiger partial charge in [-0.25, -0.2) is 9.89 Å². The van der Waals surface area contributed by atoms with Gasteiger partial charge in [0, 0.05) is 32.4 Å². The predicted octanol–water partition coefficient (Wildman–Crippen LogP) is 4.57. The van der Waals surface area contributed by atoms with Crippen molar-refractivity contribution in [2.24, 2.45) is 10.9 Å². The lowest BCUT2D eigenvalue weighted by Crippen LogP contribution is -2.45. The molecule has 4 rings (SSSR count). The first-order valence-corrected chi connectivity index (χ1v) is 13.3. The Balaban J connectivity index is 1.66. The van der Waals surface area contributed by atoms with Crippen molar-refractivity contribution in [3.05, 3.63) is 23.8 Å². The number of esters is 1. The largest absolute Gasteiger partial charge is 0.441 e. The van der Waals surface area contributed by atoms with Crippen molar-refractivity contribution in [3.8, 4) is 5.75 Å². The average molecular weight is 499 g/mol. The Morgan fingerprint density at radius 2 is 1.94 bits per heavy atom. The highest BCUT2D eigenvalue weighted by atomic mass is 16.7. The minimum absolute atomic E-state index is 0.0374. The SMILES string of the molecule is CCCCCC(OC(C)=O)N1C(=O)C(CC2CCCCC2)N2Cc3cc(ONC(C)=O)ccc3N=C21. The molecular formula is C27H38N4O5. The van der Waals surface area contributed by atoms with Crippen molar-refractivity contribution in [2.45, 2.75) is 104 Å². The Hall–Kier alpha value is -3.10. The third-order valence-corrected chi connectivity index (χ3v) is 7.22. The zero-order valence-corrected chi connectivity index (χ0v) is 21.6. The lowest BCUT2D eigenvalue weighted by Gasteiger charge is -2.32. The fraction of sp³-hybridized carbons (Fsp3) is 0.630. The quantitative estimate of drug-likeness (QED) is 0.288. The van der Waals surface area contributed by atoms with Gasteiger partial charge in [-0.2, -0.15) is 5.48 Å². The molecule has 2 aliphatic heterocycles. The minimum Gasteiger partial charge on any atom is -0.441 e. The lowest BCUT2D eigenvalue weighted by atomic mass is 9.84. The van der Waals surface area contributed by atoms with E-state index >= 15 is 0 Å². The monoisotopic (exact) mass is 498 g/mol. The Bertz CT molecular complexity index is 1000. The number of amides is 2. The minimum atomic E-state index is -0.664.